The summed E-state index contributed by atoms with van der Waals surface area (Å²) in [4.78, 5) is 24.4. The third-order valence-electron chi connectivity index (χ3n) is 6.34. The van der Waals surface area contributed by atoms with Gasteiger partial charge in [-0.05, 0) is 86.5 Å². The molecule has 4 aromatic rings. The molecule has 5 rings (SSSR count). The van der Waals surface area contributed by atoms with Crippen molar-refractivity contribution in [3.8, 4) is 23.5 Å². The Morgan fingerprint density at radius 3 is 2.55 bits per heavy atom. The minimum absolute atomic E-state index is 0.0108. The van der Waals surface area contributed by atoms with Crippen LogP contribution in [-0.2, 0) is 0 Å². The predicted octanol–water partition coefficient (Wildman–Crippen LogP) is 4.90. The number of ether oxygens (including phenoxy) is 2. The summed E-state index contributed by atoms with van der Waals surface area (Å²) in [7, 11) is 3.71. The summed E-state index contributed by atoms with van der Waals surface area (Å²) in [6.45, 7) is 1.88. The lowest BCUT2D eigenvalue weighted by atomic mass is 10.1. The van der Waals surface area contributed by atoms with Gasteiger partial charge in [-0.15, -0.1) is 0 Å². The molecule has 192 valence electrons. The molecule has 3 aromatic carbocycles. The number of amides is 1. The SMILES string of the molecule is COc1cccc(C#Cc2nc3ccc(NC(=O)c4ccc(F)cc4)cc3nc2OC2CCN(C)CC2)c1. The van der Waals surface area contributed by atoms with Crippen LogP contribution in [0.25, 0.3) is 11.0 Å². The highest BCUT2D eigenvalue weighted by Crippen LogP contribution is 2.25. The smallest absolute Gasteiger partial charge is 0.255 e. The van der Waals surface area contributed by atoms with E-state index in [1.807, 2.05) is 24.3 Å². The molecule has 0 spiro atoms. The summed E-state index contributed by atoms with van der Waals surface area (Å²) in [6.07, 6.45) is 1.77. The third kappa shape index (κ3) is 6.07. The van der Waals surface area contributed by atoms with E-state index < -0.39 is 5.82 Å². The van der Waals surface area contributed by atoms with Gasteiger partial charge in [0, 0.05) is 29.9 Å². The molecule has 0 unspecified atom stereocenters. The molecule has 0 saturated carbocycles. The second-order valence-corrected chi connectivity index (χ2v) is 9.14. The Morgan fingerprint density at radius 1 is 1.00 bits per heavy atom. The molecule has 7 nitrogen and oxygen atoms in total. The fraction of sp³-hybridized carbons (Fsp3) is 0.233. The summed E-state index contributed by atoms with van der Waals surface area (Å²) in [5, 5.41) is 2.83. The van der Waals surface area contributed by atoms with E-state index >= 15 is 0 Å². The van der Waals surface area contributed by atoms with Crippen molar-refractivity contribution in [3.63, 3.8) is 0 Å². The van der Waals surface area contributed by atoms with Gasteiger partial charge in [-0.1, -0.05) is 12.0 Å². The standard InChI is InChI=1S/C30H27FN4O3/c1-35-16-14-24(15-17-35)38-30-27(12-6-20-4-3-5-25(18-20)37-2)33-26-13-11-23(19-28(26)34-30)32-29(36)21-7-9-22(31)10-8-21/h3-5,7-11,13,18-19,24H,14-17H2,1-2H3,(H,32,36). The molecule has 1 amide bonds. The highest BCUT2D eigenvalue weighted by molar-refractivity contribution is 6.04. The predicted molar refractivity (Wildman–Crippen MR) is 144 cm³/mol. The molecular formula is C30H27FN4O3. The number of piperidine rings is 1. The number of methoxy groups -OCH3 is 1. The molecule has 0 aliphatic carbocycles. The summed E-state index contributed by atoms with van der Waals surface area (Å²) in [5.41, 5.74) is 3.32. The van der Waals surface area contributed by atoms with Crippen LogP contribution in [0, 0.1) is 17.7 Å². The largest absolute Gasteiger partial charge is 0.497 e. The van der Waals surface area contributed by atoms with Gasteiger partial charge in [0.2, 0.25) is 5.88 Å². The Labute approximate surface area is 220 Å². The zero-order chi connectivity index (χ0) is 26.5. The first-order chi connectivity index (χ1) is 18.5. The lowest BCUT2D eigenvalue weighted by Gasteiger charge is -2.29. The molecule has 0 bridgehead atoms. The van der Waals surface area contributed by atoms with Gasteiger partial charge in [0.15, 0.2) is 5.69 Å². The molecular weight excluding hydrogens is 483 g/mol. The quantitative estimate of drug-likeness (QED) is 0.385. The number of anilines is 1. The van der Waals surface area contributed by atoms with E-state index in [4.69, 9.17) is 19.4 Å². The first-order valence-corrected chi connectivity index (χ1v) is 12.4. The number of carbonyl (C=O) groups is 1. The Kier molecular flexibility index (Phi) is 7.47. The van der Waals surface area contributed by atoms with Crippen LogP contribution in [-0.4, -0.2) is 54.1 Å². The van der Waals surface area contributed by atoms with E-state index in [0.29, 0.717) is 33.9 Å². The first-order valence-electron chi connectivity index (χ1n) is 12.4. The number of benzene rings is 3. The molecule has 8 heteroatoms. The van der Waals surface area contributed by atoms with Gasteiger partial charge in [0.05, 0.1) is 18.1 Å². The molecule has 1 aliphatic heterocycles. The van der Waals surface area contributed by atoms with Crippen LogP contribution in [0.5, 0.6) is 11.6 Å². The van der Waals surface area contributed by atoms with Crippen LogP contribution < -0.4 is 14.8 Å². The number of nitrogens with zero attached hydrogens (tertiary/aromatic N) is 3. The molecule has 1 fully saturated rings. The molecule has 1 aromatic heterocycles. The number of fused-ring (bicyclic) bond motifs is 1. The van der Waals surface area contributed by atoms with Crippen molar-refractivity contribution in [1.82, 2.24) is 14.9 Å². The van der Waals surface area contributed by atoms with Crippen molar-refractivity contribution in [2.75, 3.05) is 32.6 Å². The van der Waals surface area contributed by atoms with Crippen LogP contribution >= 0.6 is 0 Å². The summed E-state index contributed by atoms with van der Waals surface area (Å²) < 4.78 is 24.8. The van der Waals surface area contributed by atoms with Gasteiger partial charge >= 0.3 is 0 Å². The van der Waals surface area contributed by atoms with Gasteiger partial charge in [0.25, 0.3) is 5.91 Å². The van der Waals surface area contributed by atoms with E-state index in [1.165, 1.54) is 24.3 Å². The molecule has 1 saturated heterocycles. The van der Waals surface area contributed by atoms with Crippen molar-refractivity contribution < 1.29 is 18.7 Å². The molecule has 1 aliphatic rings. The van der Waals surface area contributed by atoms with Crippen LogP contribution in [0.4, 0.5) is 10.1 Å². The maximum absolute atomic E-state index is 13.2. The fourth-order valence-corrected chi connectivity index (χ4v) is 4.18. The zero-order valence-corrected chi connectivity index (χ0v) is 21.2. The topological polar surface area (TPSA) is 76.6 Å². The second-order valence-electron chi connectivity index (χ2n) is 9.14. The van der Waals surface area contributed by atoms with Crippen LogP contribution in [0.2, 0.25) is 0 Å². The number of likely N-dealkylation sites (tertiary alicyclic amines) is 1. The maximum atomic E-state index is 13.2. The van der Waals surface area contributed by atoms with Gasteiger partial charge < -0.3 is 19.7 Å². The molecule has 2 heterocycles. The monoisotopic (exact) mass is 510 g/mol. The van der Waals surface area contributed by atoms with Crippen molar-refractivity contribution in [2.45, 2.75) is 18.9 Å². The van der Waals surface area contributed by atoms with E-state index in [0.717, 1.165) is 37.2 Å². The van der Waals surface area contributed by atoms with Crippen molar-refractivity contribution in [3.05, 3.63) is 89.4 Å². The minimum Gasteiger partial charge on any atom is -0.497 e. The normalized spacial score (nSPS) is 14.0. The number of hydrogen-bond acceptors (Lipinski definition) is 6. The summed E-state index contributed by atoms with van der Waals surface area (Å²) in [6, 6.07) is 18.1. The van der Waals surface area contributed by atoms with Crippen LogP contribution in [0.3, 0.4) is 0 Å². The number of nitrogens with one attached hydrogen (secondary N) is 1. The number of aromatic nitrogens is 2. The summed E-state index contributed by atoms with van der Waals surface area (Å²) >= 11 is 0. The Balaban J connectivity index is 1.46. The van der Waals surface area contributed by atoms with Crippen molar-refractivity contribution in [2.24, 2.45) is 0 Å². The highest BCUT2D eigenvalue weighted by atomic mass is 19.1. The van der Waals surface area contributed by atoms with Crippen molar-refractivity contribution >= 4 is 22.6 Å². The number of hydrogen-bond donors (Lipinski definition) is 1. The average Bonchev–Trinajstić information content (AvgIpc) is 2.93. The Morgan fingerprint density at radius 2 is 1.79 bits per heavy atom. The molecule has 0 atom stereocenters. The second kappa shape index (κ2) is 11.3. The van der Waals surface area contributed by atoms with E-state index in [2.05, 4.69) is 29.1 Å². The lowest BCUT2D eigenvalue weighted by Crippen LogP contribution is -2.36. The van der Waals surface area contributed by atoms with Gasteiger partial charge in [-0.3, -0.25) is 4.79 Å². The van der Waals surface area contributed by atoms with Crippen molar-refractivity contribution in [1.29, 1.82) is 0 Å². The van der Waals surface area contributed by atoms with Crippen LogP contribution in [0.15, 0.2) is 66.7 Å². The van der Waals surface area contributed by atoms with Gasteiger partial charge in [0.1, 0.15) is 17.7 Å². The maximum Gasteiger partial charge on any atom is 0.255 e. The average molecular weight is 511 g/mol. The van der Waals surface area contributed by atoms with Crippen LogP contribution in [0.1, 0.15) is 34.5 Å². The summed E-state index contributed by atoms with van der Waals surface area (Å²) in [5.74, 6) is 6.61. The van der Waals surface area contributed by atoms with E-state index in [-0.39, 0.29) is 12.0 Å². The Hall–Kier alpha value is -4.48. The molecule has 0 radical (unpaired) electrons. The molecule has 1 N–H and O–H groups in total. The number of halogens is 1. The lowest BCUT2D eigenvalue weighted by molar-refractivity contribution is 0.102. The number of carbonyl (C=O) groups excluding carboxylic acids is 1. The third-order valence-corrected chi connectivity index (χ3v) is 6.34. The zero-order valence-electron chi connectivity index (χ0n) is 21.2. The highest BCUT2D eigenvalue weighted by Gasteiger charge is 2.21. The van der Waals surface area contributed by atoms with Gasteiger partial charge in [-0.25, -0.2) is 14.4 Å². The van der Waals surface area contributed by atoms with E-state index in [9.17, 15) is 9.18 Å². The Bertz CT molecular complexity index is 1520. The number of rotatable bonds is 5. The fourth-order valence-electron chi connectivity index (χ4n) is 4.18. The molecule has 38 heavy (non-hydrogen) atoms. The van der Waals surface area contributed by atoms with Gasteiger partial charge in [-0.2, -0.15) is 0 Å². The first kappa shape index (κ1) is 25.2. The minimum atomic E-state index is -0.398. The van der Waals surface area contributed by atoms with E-state index in [1.54, 1.807) is 25.3 Å².